The SMILES string of the molecule is CN(C)c1nn(-c2ncccn2)c(N)c1C#N. The summed E-state index contributed by atoms with van der Waals surface area (Å²) in [6, 6.07) is 3.73. The van der Waals surface area contributed by atoms with Crippen molar-refractivity contribution in [3.63, 3.8) is 0 Å². The van der Waals surface area contributed by atoms with Crippen molar-refractivity contribution in [2.24, 2.45) is 0 Å². The number of hydrogen-bond donors (Lipinski definition) is 1. The molecule has 0 aliphatic heterocycles. The third-order valence-electron chi connectivity index (χ3n) is 2.18. The van der Waals surface area contributed by atoms with E-state index in [1.54, 1.807) is 37.5 Å². The first-order valence-corrected chi connectivity index (χ1v) is 4.88. The Balaban J connectivity index is 2.62. The molecule has 0 aromatic carbocycles. The molecule has 2 aromatic rings. The van der Waals surface area contributed by atoms with Crippen molar-refractivity contribution in [1.82, 2.24) is 19.7 Å². The smallest absolute Gasteiger partial charge is 0.252 e. The second kappa shape index (κ2) is 4.09. The Labute approximate surface area is 98.1 Å². The number of nitrogens with two attached hydrogens (primary N) is 1. The Morgan fingerprint density at radius 1 is 1.35 bits per heavy atom. The summed E-state index contributed by atoms with van der Waals surface area (Å²) in [7, 11) is 3.58. The highest BCUT2D eigenvalue weighted by molar-refractivity contribution is 5.65. The van der Waals surface area contributed by atoms with Crippen LogP contribution in [-0.2, 0) is 0 Å². The number of nitrogen functional groups attached to an aromatic ring is 1. The molecule has 7 heteroatoms. The van der Waals surface area contributed by atoms with Gasteiger partial charge in [0, 0.05) is 26.5 Å². The summed E-state index contributed by atoms with van der Waals surface area (Å²) in [5.74, 6) is 1.08. The van der Waals surface area contributed by atoms with E-state index in [2.05, 4.69) is 15.1 Å². The fourth-order valence-corrected chi connectivity index (χ4v) is 1.39. The summed E-state index contributed by atoms with van der Waals surface area (Å²) in [5, 5.41) is 13.3. The van der Waals surface area contributed by atoms with Gasteiger partial charge in [0.25, 0.3) is 5.95 Å². The van der Waals surface area contributed by atoms with Gasteiger partial charge in [0.15, 0.2) is 11.6 Å². The molecule has 0 saturated heterocycles. The average Bonchev–Trinajstić information content (AvgIpc) is 2.67. The first kappa shape index (κ1) is 10.9. The number of aromatic nitrogens is 4. The summed E-state index contributed by atoms with van der Waals surface area (Å²) in [5.41, 5.74) is 6.18. The molecule has 0 unspecified atom stereocenters. The van der Waals surface area contributed by atoms with Crippen LogP contribution in [-0.4, -0.2) is 33.8 Å². The first-order valence-electron chi connectivity index (χ1n) is 4.88. The molecule has 0 bridgehead atoms. The van der Waals surface area contributed by atoms with Crippen LogP contribution >= 0.6 is 0 Å². The predicted octanol–water partition coefficient (Wildman–Crippen LogP) is 0.182. The minimum absolute atomic E-state index is 0.238. The number of anilines is 2. The number of rotatable bonds is 2. The van der Waals surface area contributed by atoms with E-state index in [0.29, 0.717) is 17.3 Å². The summed E-state index contributed by atoms with van der Waals surface area (Å²) < 4.78 is 1.36. The van der Waals surface area contributed by atoms with Crippen LogP contribution in [0.15, 0.2) is 18.5 Å². The van der Waals surface area contributed by atoms with E-state index < -0.39 is 0 Å². The van der Waals surface area contributed by atoms with Crippen LogP contribution < -0.4 is 10.6 Å². The van der Waals surface area contributed by atoms with Gasteiger partial charge in [-0.25, -0.2) is 9.97 Å². The van der Waals surface area contributed by atoms with Gasteiger partial charge in [0.2, 0.25) is 0 Å². The minimum Gasteiger partial charge on any atom is -0.382 e. The maximum atomic E-state index is 9.06. The quantitative estimate of drug-likeness (QED) is 0.789. The largest absolute Gasteiger partial charge is 0.382 e. The van der Waals surface area contributed by atoms with Crippen molar-refractivity contribution in [1.29, 1.82) is 5.26 Å². The molecule has 2 aromatic heterocycles. The van der Waals surface area contributed by atoms with Crippen LogP contribution in [0.1, 0.15) is 5.56 Å². The number of hydrogen-bond acceptors (Lipinski definition) is 6. The summed E-state index contributed by atoms with van der Waals surface area (Å²) in [6.07, 6.45) is 3.18. The number of nitriles is 1. The first-order chi connectivity index (χ1) is 8.15. The van der Waals surface area contributed by atoms with Crippen LogP contribution in [0.2, 0.25) is 0 Å². The molecule has 0 saturated carbocycles. The molecule has 0 radical (unpaired) electrons. The molecule has 0 atom stereocenters. The van der Waals surface area contributed by atoms with Crippen LogP contribution in [0.4, 0.5) is 11.6 Å². The van der Waals surface area contributed by atoms with Crippen molar-refractivity contribution in [3.05, 3.63) is 24.0 Å². The van der Waals surface area contributed by atoms with Gasteiger partial charge in [-0.2, -0.15) is 9.94 Å². The zero-order valence-corrected chi connectivity index (χ0v) is 9.49. The Hall–Kier alpha value is -2.62. The lowest BCUT2D eigenvalue weighted by atomic mass is 10.3. The van der Waals surface area contributed by atoms with Gasteiger partial charge in [-0.05, 0) is 6.07 Å². The fraction of sp³-hybridized carbons (Fsp3) is 0.200. The topological polar surface area (TPSA) is 96.7 Å². The van der Waals surface area contributed by atoms with E-state index in [1.807, 2.05) is 6.07 Å². The van der Waals surface area contributed by atoms with E-state index in [4.69, 9.17) is 11.0 Å². The van der Waals surface area contributed by atoms with E-state index >= 15 is 0 Å². The van der Waals surface area contributed by atoms with Gasteiger partial charge in [-0.3, -0.25) is 0 Å². The average molecular weight is 229 g/mol. The standard InChI is InChI=1S/C10H11N7/c1-16(2)9-7(6-11)8(12)17(15-9)10-13-4-3-5-14-10/h3-5H,12H2,1-2H3. The predicted molar refractivity (Wildman–Crippen MR) is 62.6 cm³/mol. The minimum atomic E-state index is 0.238. The Morgan fingerprint density at radius 2 is 2.00 bits per heavy atom. The fourth-order valence-electron chi connectivity index (χ4n) is 1.39. The van der Waals surface area contributed by atoms with E-state index in [1.165, 1.54) is 4.68 Å². The molecule has 0 aliphatic carbocycles. The molecule has 0 aliphatic rings. The van der Waals surface area contributed by atoms with Gasteiger partial charge in [-0.15, -0.1) is 5.10 Å². The molecule has 0 fully saturated rings. The molecule has 17 heavy (non-hydrogen) atoms. The monoisotopic (exact) mass is 229 g/mol. The molecule has 0 spiro atoms. The summed E-state index contributed by atoms with van der Waals surface area (Å²) in [4.78, 5) is 9.80. The third kappa shape index (κ3) is 1.76. The van der Waals surface area contributed by atoms with Crippen molar-refractivity contribution in [2.75, 3.05) is 24.7 Å². The van der Waals surface area contributed by atoms with Gasteiger partial charge in [0.05, 0.1) is 0 Å². The normalized spacial score (nSPS) is 9.94. The zero-order valence-electron chi connectivity index (χ0n) is 9.49. The van der Waals surface area contributed by atoms with Gasteiger partial charge in [0.1, 0.15) is 11.6 Å². The second-order valence-electron chi connectivity index (χ2n) is 3.55. The molecule has 2 heterocycles. The lowest BCUT2D eigenvalue weighted by Crippen LogP contribution is -2.11. The van der Waals surface area contributed by atoms with Crippen molar-refractivity contribution in [3.8, 4) is 12.0 Å². The second-order valence-corrected chi connectivity index (χ2v) is 3.55. The molecular weight excluding hydrogens is 218 g/mol. The summed E-state index contributed by atoms with van der Waals surface area (Å²) >= 11 is 0. The molecule has 0 amide bonds. The van der Waals surface area contributed by atoms with E-state index in [0.717, 1.165) is 0 Å². The van der Waals surface area contributed by atoms with Gasteiger partial charge in [-0.1, -0.05) is 0 Å². The van der Waals surface area contributed by atoms with E-state index in [-0.39, 0.29) is 5.82 Å². The molecule has 7 nitrogen and oxygen atoms in total. The lowest BCUT2D eigenvalue weighted by molar-refractivity contribution is 0.810. The highest BCUT2D eigenvalue weighted by atomic mass is 15.4. The zero-order chi connectivity index (χ0) is 12.4. The van der Waals surface area contributed by atoms with E-state index in [9.17, 15) is 0 Å². The van der Waals surface area contributed by atoms with Crippen molar-refractivity contribution in [2.45, 2.75) is 0 Å². The maximum absolute atomic E-state index is 9.06. The van der Waals surface area contributed by atoms with Crippen molar-refractivity contribution >= 4 is 11.6 Å². The van der Waals surface area contributed by atoms with Gasteiger partial charge < -0.3 is 10.6 Å². The lowest BCUT2D eigenvalue weighted by Gasteiger charge is -2.07. The highest BCUT2D eigenvalue weighted by Gasteiger charge is 2.18. The molecule has 86 valence electrons. The highest BCUT2D eigenvalue weighted by Crippen LogP contribution is 2.24. The maximum Gasteiger partial charge on any atom is 0.252 e. The molecule has 2 rings (SSSR count). The Morgan fingerprint density at radius 3 is 2.47 bits per heavy atom. The Kier molecular flexibility index (Phi) is 2.62. The Bertz CT molecular complexity index is 564. The van der Waals surface area contributed by atoms with Crippen molar-refractivity contribution < 1.29 is 0 Å². The molecule has 2 N–H and O–H groups in total. The van der Waals surface area contributed by atoms with Crippen LogP contribution in [0, 0.1) is 11.3 Å². The van der Waals surface area contributed by atoms with Gasteiger partial charge >= 0.3 is 0 Å². The van der Waals surface area contributed by atoms with Crippen LogP contribution in [0.3, 0.4) is 0 Å². The molecular formula is C10H11N7. The van der Waals surface area contributed by atoms with Crippen LogP contribution in [0.5, 0.6) is 0 Å². The summed E-state index contributed by atoms with van der Waals surface area (Å²) in [6.45, 7) is 0. The van der Waals surface area contributed by atoms with Crippen LogP contribution in [0.25, 0.3) is 5.95 Å². The third-order valence-corrected chi connectivity index (χ3v) is 2.18. The number of nitrogens with zero attached hydrogens (tertiary/aromatic N) is 6.